The summed E-state index contributed by atoms with van der Waals surface area (Å²) in [5.41, 5.74) is 2.06. The van der Waals surface area contributed by atoms with Crippen molar-refractivity contribution < 1.29 is 18.5 Å². The molecule has 0 radical (unpaired) electrons. The normalized spacial score (nSPS) is 13.2. The fraction of sp³-hybridized carbons (Fsp3) is 0.238. The molecular formula is C21H18FN3O4. The number of fused-ring (bicyclic) bond motifs is 1. The molecule has 29 heavy (non-hydrogen) atoms. The van der Waals surface area contributed by atoms with Gasteiger partial charge in [-0.25, -0.2) is 9.37 Å². The molecule has 0 saturated heterocycles. The molecule has 0 spiro atoms. The average molecular weight is 395 g/mol. The zero-order valence-corrected chi connectivity index (χ0v) is 15.7. The van der Waals surface area contributed by atoms with Crippen LogP contribution in [0.4, 0.5) is 15.8 Å². The molecule has 1 aliphatic rings. The van der Waals surface area contributed by atoms with Crippen molar-refractivity contribution in [3.05, 3.63) is 75.4 Å². The van der Waals surface area contributed by atoms with E-state index in [1.54, 1.807) is 36.1 Å². The molecule has 0 aliphatic carbocycles. The molecule has 2 aromatic carbocycles. The highest BCUT2D eigenvalue weighted by molar-refractivity contribution is 5.96. The maximum absolute atomic E-state index is 14.0. The van der Waals surface area contributed by atoms with E-state index in [1.165, 1.54) is 18.2 Å². The molecule has 1 aromatic heterocycles. The minimum atomic E-state index is -0.472. The quantitative estimate of drug-likeness (QED) is 0.487. The van der Waals surface area contributed by atoms with Gasteiger partial charge in [-0.05, 0) is 37.5 Å². The first-order chi connectivity index (χ1) is 13.9. The van der Waals surface area contributed by atoms with Crippen LogP contribution in [0.15, 0.2) is 46.9 Å². The minimum Gasteiger partial charge on any atom is -0.441 e. The van der Waals surface area contributed by atoms with Gasteiger partial charge in [0, 0.05) is 18.7 Å². The van der Waals surface area contributed by atoms with Crippen LogP contribution in [-0.4, -0.2) is 22.4 Å². The molecule has 1 amide bonds. The molecule has 3 aromatic rings. The summed E-state index contributed by atoms with van der Waals surface area (Å²) < 4.78 is 19.6. The van der Waals surface area contributed by atoms with E-state index in [0.29, 0.717) is 23.7 Å². The number of anilines is 1. The Morgan fingerprint density at radius 2 is 2.10 bits per heavy atom. The van der Waals surface area contributed by atoms with E-state index in [4.69, 9.17) is 4.42 Å². The summed E-state index contributed by atoms with van der Waals surface area (Å²) in [6.07, 6.45) is 1.50. The lowest BCUT2D eigenvalue weighted by molar-refractivity contribution is -0.384. The summed E-state index contributed by atoms with van der Waals surface area (Å²) in [5.74, 6) is -0.127. The number of nitrogens with zero attached hydrogens (tertiary/aromatic N) is 3. The van der Waals surface area contributed by atoms with Gasteiger partial charge >= 0.3 is 0 Å². The Bertz CT molecular complexity index is 1110. The Morgan fingerprint density at radius 3 is 2.86 bits per heavy atom. The van der Waals surface area contributed by atoms with Crippen LogP contribution in [0.2, 0.25) is 0 Å². The summed E-state index contributed by atoms with van der Waals surface area (Å²) in [4.78, 5) is 29.5. The topological polar surface area (TPSA) is 89.5 Å². The predicted octanol–water partition coefficient (Wildman–Crippen LogP) is 4.22. The molecular weight excluding hydrogens is 377 g/mol. The third kappa shape index (κ3) is 3.61. The lowest BCUT2D eigenvalue weighted by atomic mass is 10.0. The first-order valence-corrected chi connectivity index (χ1v) is 9.23. The van der Waals surface area contributed by atoms with Gasteiger partial charge in [0.2, 0.25) is 11.8 Å². The molecule has 8 heteroatoms. The fourth-order valence-electron chi connectivity index (χ4n) is 3.52. The number of aromatic nitrogens is 1. The molecule has 0 atom stereocenters. The fourth-order valence-corrected chi connectivity index (χ4v) is 3.52. The van der Waals surface area contributed by atoms with Crippen LogP contribution >= 0.6 is 0 Å². The molecule has 4 rings (SSSR count). The van der Waals surface area contributed by atoms with Crippen molar-refractivity contribution in [2.24, 2.45) is 0 Å². The van der Waals surface area contributed by atoms with Crippen molar-refractivity contribution in [2.75, 3.05) is 11.4 Å². The Morgan fingerprint density at radius 1 is 1.31 bits per heavy atom. The lowest BCUT2D eigenvalue weighted by Crippen LogP contribution is -2.36. The number of benzene rings is 2. The Kier molecular flexibility index (Phi) is 4.84. The van der Waals surface area contributed by atoms with Crippen molar-refractivity contribution >= 4 is 17.3 Å². The van der Waals surface area contributed by atoms with Crippen molar-refractivity contribution in [3.8, 4) is 11.5 Å². The monoisotopic (exact) mass is 395 g/mol. The van der Waals surface area contributed by atoms with Crippen molar-refractivity contribution in [1.29, 1.82) is 0 Å². The van der Waals surface area contributed by atoms with E-state index in [9.17, 15) is 19.3 Å². The van der Waals surface area contributed by atoms with Gasteiger partial charge in [0.25, 0.3) is 5.69 Å². The Labute approximate surface area is 165 Å². The van der Waals surface area contributed by atoms with E-state index in [2.05, 4.69) is 4.98 Å². The zero-order valence-electron chi connectivity index (χ0n) is 15.7. The number of rotatable bonds is 4. The van der Waals surface area contributed by atoms with Crippen LogP contribution in [0.5, 0.6) is 0 Å². The molecule has 148 valence electrons. The average Bonchev–Trinajstić information content (AvgIpc) is 3.07. The number of carbonyl (C=O) groups excluding carboxylic acids is 1. The highest BCUT2D eigenvalue weighted by Crippen LogP contribution is 2.32. The van der Waals surface area contributed by atoms with Gasteiger partial charge in [-0.2, -0.15) is 0 Å². The summed E-state index contributed by atoms with van der Waals surface area (Å²) in [6.45, 7) is 2.15. The number of nitro benzene ring substituents is 1. The summed E-state index contributed by atoms with van der Waals surface area (Å²) in [6, 6.07) is 10.7. The van der Waals surface area contributed by atoms with E-state index in [0.717, 1.165) is 18.4 Å². The second kappa shape index (κ2) is 7.46. The summed E-state index contributed by atoms with van der Waals surface area (Å²) in [7, 11) is 0. The third-order valence-corrected chi connectivity index (χ3v) is 5.01. The number of nitro groups is 1. The summed E-state index contributed by atoms with van der Waals surface area (Å²) in [5, 5.41) is 11.1. The lowest BCUT2D eigenvalue weighted by Gasteiger charge is -2.29. The number of halogens is 1. The molecule has 2 heterocycles. The van der Waals surface area contributed by atoms with E-state index in [-0.39, 0.29) is 29.5 Å². The maximum Gasteiger partial charge on any atom is 0.271 e. The van der Waals surface area contributed by atoms with Crippen LogP contribution in [-0.2, 0) is 17.6 Å². The molecule has 0 bridgehead atoms. The van der Waals surface area contributed by atoms with Gasteiger partial charge in [-0.1, -0.05) is 18.2 Å². The van der Waals surface area contributed by atoms with Crippen LogP contribution in [0.1, 0.15) is 23.4 Å². The van der Waals surface area contributed by atoms with Crippen LogP contribution < -0.4 is 4.90 Å². The number of hydrogen-bond acceptors (Lipinski definition) is 5. The standard InChI is InChI=1S/C21H18FN3O4/c1-13-18(23-21(29-13)16-6-2-3-7-17(16)22)12-20(26)24-10-4-5-14-8-9-15(25(27)28)11-19(14)24/h2-3,6-9,11H,4-5,10,12H2,1H3. The largest absolute Gasteiger partial charge is 0.441 e. The summed E-state index contributed by atoms with van der Waals surface area (Å²) >= 11 is 0. The number of amides is 1. The number of non-ortho nitro benzene ring substituents is 1. The highest BCUT2D eigenvalue weighted by atomic mass is 19.1. The first-order valence-electron chi connectivity index (χ1n) is 9.23. The second-order valence-electron chi connectivity index (χ2n) is 6.90. The molecule has 1 aliphatic heterocycles. The molecule has 0 fully saturated rings. The van der Waals surface area contributed by atoms with Gasteiger partial charge in [0.05, 0.1) is 28.3 Å². The SMILES string of the molecule is Cc1oc(-c2ccccc2F)nc1CC(=O)N1CCCc2ccc([N+](=O)[O-])cc21. The van der Waals surface area contributed by atoms with Crippen LogP contribution in [0, 0.1) is 22.9 Å². The van der Waals surface area contributed by atoms with Crippen molar-refractivity contribution in [3.63, 3.8) is 0 Å². The number of carbonyl (C=O) groups is 1. The van der Waals surface area contributed by atoms with Gasteiger partial charge < -0.3 is 9.32 Å². The Hall–Kier alpha value is -3.55. The zero-order chi connectivity index (χ0) is 20.5. The Balaban J connectivity index is 1.61. The number of hydrogen-bond donors (Lipinski definition) is 0. The highest BCUT2D eigenvalue weighted by Gasteiger charge is 2.26. The molecule has 0 N–H and O–H groups in total. The van der Waals surface area contributed by atoms with Crippen LogP contribution in [0.25, 0.3) is 11.5 Å². The minimum absolute atomic E-state index is 0.0358. The maximum atomic E-state index is 14.0. The van der Waals surface area contributed by atoms with E-state index < -0.39 is 10.7 Å². The predicted molar refractivity (Wildman–Crippen MR) is 104 cm³/mol. The molecule has 0 saturated carbocycles. The smallest absolute Gasteiger partial charge is 0.271 e. The van der Waals surface area contributed by atoms with Crippen molar-refractivity contribution in [2.45, 2.75) is 26.2 Å². The van der Waals surface area contributed by atoms with Gasteiger partial charge in [-0.15, -0.1) is 0 Å². The van der Waals surface area contributed by atoms with Crippen molar-refractivity contribution in [1.82, 2.24) is 4.98 Å². The second-order valence-corrected chi connectivity index (χ2v) is 6.90. The number of aryl methyl sites for hydroxylation is 2. The van der Waals surface area contributed by atoms with Crippen LogP contribution in [0.3, 0.4) is 0 Å². The van der Waals surface area contributed by atoms with Gasteiger partial charge in [0.15, 0.2) is 0 Å². The van der Waals surface area contributed by atoms with E-state index >= 15 is 0 Å². The van der Waals surface area contributed by atoms with E-state index in [1.807, 2.05) is 0 Å². The third-order valence-electron chi connectivity index (χ3n) is 5.01. The number of oxazole rings is 1. The first kappa shape index (κ1) is 18.8. The van der Waals surface area contributed by atoms with Gasteiger partial charge in [-0.3, -0.25) is 14.9 Å². The molecule has 7 nitrogen and oxygen atoms in total. The molecule has 0 unspecified atom stereocenters. The van der Waals surface area contributed by atoms with Gasteiger partial charge in [0.1, 0.15) is 11.6 Å².